The minimum absolute atomic E-state index is 0.0926. The molecule has 0 aliphatic carbocycles. The number of aromatic nitrogens is 1. The van der Waals surface area contributed by atoms with Crippen LogP contribution in [0.5, 0.6) is 0 Å². The monoisotopic (exact) mass is 257 g/mol. The van der Waals surface area contributed by atoms with E-state index < -0.39 is 11.7 Å². The average molecular weight is 257 g/mol. The molecule has 1 unspecified atom stereocenters. The van der Waals surface area contributed by atoms with E-state index in [0.29, 0.717) is 13.1 Å². The first-order valence-corrected chi connectivity index (χ1v) is 6.35. The molecule has 17 heavy (non-hydrogen) atoms. The Labute approximate surface area is 105 Å². The maximum absolute atomic E-state index is 11.5. The number of carbonyl (C=O) groups is 1. The molecular weight excluding hydrogens is 238 g/mol. The van der Waals surface area contributed by atoms with Crippen LogP contribution in [0.4, 0.5) is 4.79 Å². The van der Waals surface area contributed by atoms with Crippen molar-refractivity contribution in [2.45, 2.75) is 32.3 Å². The molecule has 5 nitrogen and oxygen atoms in total. The first-order chi connectivity index (χ1) is 7.92. The van der Waals surface area contributed by atoms with Crippen LogP contribution in [0.3, 0.4) is 0 Å². The fourth-order valence-electron chi connectivity index (χ4n) is 1.25. The fourth-order valence-corrected chi connectivity index (χ4v) is 1.99. The summed E-state index contributed by atoms with van der Waals surface area (Å²) in [6, 6.07) is 0. The van der Waals surface area contributed by atoms with Gasteiger partial charge in [-0.05, 0) is 20.8 Å². The SMILES string of the molecule is CC(C)(C)OC(=O)NCC(CN)c1cncs1. The number of hydrogen-bond donors (Lipinski definition) is 2. The van der Waals surface area contributed by atoms with Crippen molar-refractivity contribution in [2.24, 2.45) is 5.73 Å². The van der Waals surface area contributed by atoms with Crippen molar-refractivity contribution in [3.05, 3.63) is 16.6 Å². The van der Waals surface area contributed by atoms with Crippen molar-refractivity contribution in [3.8, 4) is 0 Å². The van der Waals surface area contributed by atoms with Crippen molar-refractivity contribution in [3.63, 3.8) is 0 Å². The molecule has 0 aromatic carbocycles. The number of hydrogen-bond acceptors (Lipinski definition) is 5. The number of nitrogens with zero attached hydrogens (tertiary/aromatic N) is 1. The third-order valence-electron chi connectivity index (χ3n) is 2.03. The minimum Gasteiger partial charge on any atom is -0.444 e. The summed E-state index contributed by atoms with van der Waals surface area (Å²) in [5, 5.41) is 2.72. The van der Waals surface area contributed by atoms with Gasteiger partial charge in [-0.3, -0.25) is 4.98 Å². The van der Waals surface area contributed by atoms with E-state index in [-0.39, 0.29) is 5.92 Å². The molecule has 0 aliphatic heterocycles. The molecule has 1 aromatic heterocycles. The maximum atomic E-state index is 11.5. The molecule has 0 aliphatic rings. The Morgan fingerprint density at radius 3 is 2.82 bits per heavy atom. The molecule has 0 spiro atoms. The van der Waals surface area contributed by atoms with Crippen molar-refractivity contribution in [2.75, 3.05) is 13.1 Å². The van der Waals surface area contributed by atoms with Crippen LogP contribution in [0.15, 0.2) is 11.7 Å². The quantitative estimate of drug-likeness (QED) is 0.861. The first kappa shape index (κ1) is 13.9. The number of carbonyl (C=O) groups excluding carboxylic acids is 1. The summed E-state index contributed by atoms with van der Waals surface area (Å²) in [5.74, 6) is 0.0926. The van der Waals surface area contributed by atoms with Crippen LogP contribution in [-0.4, -0.2) is 29.8 Å². The number of nitrogens with two attached hydrogens (primary N) is 1. The van der Waals surface area contributed by atoms with Crippen molar-refractivity contribution >= 4 is 17.4 Å². The van der Waals surface area contributed by atoms with Gasteiger partial charge in [-0.15, -0.1) is 11.3 Å². The molecule has 0 fully saturated rings. The van der Waals surface area contributed by atoms with Gasteiger partial charge in [0.25, 0.3) is 0 Å². The molecule has 1 atom stereocenters. The lowest BCUT2D eigenvalue weighted by Gasteiger charge is -2.21. The van der Waals surface area contributed by atoms with Crippen molar-refractivity contribution in [1.82, 2.24) is 10.3 Å². The Kier molecular flexibility index (Phi) is 4.89. The summed E-state index contributed by atoms with van der Waals surface area (Å²) >= 11 is 1.54. The van der Waals surface area contributed by atoms with Crippen LogP contribution in [0, 0.1) is 0 Å². The Morgan fingerprint density at radius 1 is 1.65 bits per heavy atom. The van der Waals surface area contributed by atoms with Crippen molar-refractivity contribution in [1.29, 1.82) is 0 Å². The standard InChI is InChI=1S/C11H19N3O2S/c1-11(2,3)16-10(15)14-5-8(4-12)9-6-13-7-17-9/h6-8H,4-5,12H2,1-3H3,(H,14,15). The highest BCUT2D eigenvalue weighted by molar-refractivity contribution is 7.09. The maximum Gasteiger partial charge on any atom is 0.407 e. The number of thiazole rings is 1. The van der Waals surface area contributed by atoms with E-state index in [1.807, 2.05) is 20.8 Å². The van der Waals surface area contributed by atoms with Gasteiger partial charge in [-0.2, -0.15) is 0 Å². The van der Waals surface area contributed by atoms with Crippen LogP contribution >= 0.6 is 11.3 Å². The topological polar surface area (TPSA) is 77.2 Å². The van der Waals surface area contributed by atoms with Gasteiger partial charge < -0.3 is 15.8 Å². The summed E-state index contributed by atoms with van der Waals surface area (Å²) in [7, 11) is 0. The van der Waals surface area contributed by atoms with E-state index in [1.165, 1.54) is 11.3 Å². The zero-order chi connectivity index (χ0) is 12.9. The molecule has 96 valence electrons. The third-order valence-corrected chi connectivity index (χ3v) is 2.97. The molecular formula is C11H19N3O2S. The second-order valence-corrected chi connectivity index (χ2v) is 5.64. The molecule has 1 rings (SSSR count). The lowest BCUT2D eigenvalue weighted by Crippen LogP contribution is -2.36. The summed E-state index contributed by atoms with van der Waals surface area (Å²) in [6.45, 7) is 6.42. The molecule has 0 bridgehead atoms. The van der Waals surface area contributed by atoms with Crippen LogP contribution in [0.1, 0.15) is 31.6 Å². The van der Waals surface area contributed by atoms with E-state index in [9.17, 15) is 4.79 Å². The van der Waals surface area contributed by atoms with E-state index in [1.54, 1.807) is 11.7 Å². The van der Waals surface area contributed by atoms with E-state index in [0.717, 1.165) is 4.88 Å². The fraction of sp³-hybridized carbons (Fsp3) is 0.636. The number of rotatable bonds is 4. The molecule has 0 saturated heterocycles. The minimum atomic E-state index is -0.479. The molecule has 1 amide bonds. The second-order valence-electron chi connectivity index (χ2n) is 4.72. The largest absolute Gasteiger partial charge is 0.444 e. The normalized spacial score (nSPS) is 13.2. The zero-order valence-corrected chi connectivity index (χ0v) is 11.2. The van der Waals surface area contributed by atoms with Crippen LogP contribution in [-0.2, 0) is 4.74 Å². The average Bonchev–Trinajstić information content (AvgIpc) is 2.69. The first-order valence-electron chi connectivity index (χ1n) is 5.47. The van der Waals surface area contributed by atoms with Crippen LogP contribution < -0.4 is 11.1 Å². The Balaban J connectivity index is 2.41. The highest BCUT2D eigenvalue weighted by atomic mass is 32.1. The Hall–Kier alpha value is -1.14. The van der Waals surface area contributed by atoms with Gasteiger partial charge in [-0.1, -0.05) is 0 Å². The summed E-state index contributed by atoms with van der Waals surface area (Å²) < 4.78 is 5.15. The highest BCUT2D eigenvalue weighted by Crippen LogP contribution is 2.17. The van der Waals surface area contributed by atoms with Gasteiger partial charge >= 0.3 is 6.09 Å². The zero-order valence-electron chi connectivity index (χ0n) is 10.4. The summed E-state index contributed by atoms with van der Waals surface area (Å²) in [6.07, 6.45) is 1.36. The predicted molar refractivity (Wildman–Crippen MR) is 68.1 cm³/mol. The Morgan fingerprint density at radius 2 is 2.35 bits per heavy atom. The number of ether oxygens (including phenoxy) is 1. The van der Waals surface area contributed by atoms with Gasteiger partial charge in [-0.25, -0.2) is 4.79 Å². The van der Waals surface area contributed by atoms with Crippen molar-refractivity contribution < 1.29 is 9.53 Å². The highest BCUT2D eigenvalue weighted by Gasteiger charge is 2.18. The van der Waals surface area contributed by atoms with Gasteiger partial charge in [0.05, 0.1) is 5.51 Å². The van der Waals surface area contributed by atoms with E-state index >= 15 is 0 Å². The smallest absolute Gasteiger partial charge is 0.407 e. The van der Waals surface area contributed by atoms with E-state index in [2.05, 4.69) is 10.3 Å². The van der Waals surface area contributed by atoms with Gasteiger partial charge in [0.15, 0.2) is 0 Å². The Bertz CT molecular complexity index is 346. The lowest BCUT2D eigenvalue weighted by atomic mass is 10.1. The summed E-state index contributed by atoms with van der Waals surface area (Å²) in [4.78, 5) is 16.5. The van der Waals surface area contributed by atoms with Crippen LogP contribution in [0.2, 0.25) is 0 Å². The predicted octanol–water partition coefficient (Wildman–Crippen LogP) is 1.71. The number of amides is 1. The van der Waals surface area contributed by atoms with E-state index in [4.69, 9.17) is 10.5 Å². The molecule has 1 aromatic rings. The van der Waals surface area contributed by atoms with Crippen LogP contribution in [0.25, 0.3) is 0 Å². The lowest BCUT2D eigenvalue weighted by molar-refractivity contribution is 0.0525. The number of nitrogens with one attached hydrogen (secondary N) is 1. The second kappa shape index (κ2) is 5.97. The molecule has 1 heterocycles. The summed E-state index contributed by atoms with van der Waals surface area (Å²) in [5.41, 5.74) is 6.94. The molecule has 6 heteroatoms. The molecule has 0 radical (unpaired) electrons. The molecule has 0 saturated carbocycles. The molecule has 3 N–H and O–H groups in total. The third kappa shape index (κ3) is 5.14. The van der Waals surface area contributed by atoms with Gasteiger partial charge in [0.2, 0.25) is 0 Å². The van der Waals surface area contributed by atoms with Gasteiger partial charge in [0, 0.05) is 30.1 Å². The number of alkyl carbamates (subject to hydrolysis) is 1. The van der Waals surface area contributed by atoms with Gasteiger partial charge in [0.1, 0.15) is 5.60 Å².